The Bertz CT molecular complexity index is 910. The van der Waals surface area contributed by atoms with Crippen molar-refractivity contribution in [2.45, 2.75) is 13.0 Å². The first-order valence-corrected chi connectivity index (χ1v) is 6.79. The summed E-state index contributed by atoms with van der Waals surface area (Å²) in [4.78, 5) is 23.9. The summed E-state index contributed by atoms with van der Waals surface area (Å²) in [7, 11) is 0. The van der Waals surface area contributed by atoms with Crippen molar-refractivity contribution < 1.29 is 9.90 Å². The topological polar surface area (TPSA) is 117 Å². The van der Waals surface area contributed by atoms with Crippen molar-refractivity contribution >= 4 is 17.3 Å². The van der Waals surface area contributed by atoms with Crippen LogP contribution in [0, 0.1) is 11.3 Å². The van der Waals surface area contributed by atoms with Crippen molar-refractivity contribution in [3.63, 3.8) is 0 Å². The lowest BCUT2D eigenvalue weighted by atomic mass is 10.3. The lowest BCUT2D eigenvalue weighted by Crippen LogP contribution is -2.26. The van der Waals surface area contributed by atoms with E-state index < -0.39 is 12.1 Å². The lowest BCUT2D eigenvalue weighted by Gasteiger charge is -2.13. The molecule has 2 N–H and O–H groups in total. The maximum absolute atomic E-state index is 10.9. The fourth-order valence-electron chi connectivity index (χ4n) is 2.28. The third-order valence-corrected chi connectivity index (χ3v) is 3.28. The number of carbonyl (C=O) groups is 1. The summed E-state index contributed by atoms with van der Waals surface area (Å²) >= 11 is 0. The Kier molecular flexibility index (Phi) is 3.60. The molecule has 0 aromatic carbocycles. The van der Waals surface area contributed by atoms with E-state index >= 15 is 0 Å². The van der Waals surface area contributed by atoms with E-state index in [0.29, 0.717) is 28.4 Å². The van der Waals surface area contributed by atoms with Crippen LogP contribution in [0.2, 0.25) is 0 Å². The van der Waals surface area contributed by atoms with Crippen LogP contribution in [-0.2, 0) is 0 Å². The molecule has 114 valence electrons. The molecule has 1 amide bonds. The summed E-state index contributed by atoms with van der Waals surface area (Å²) in [6.45, 7) is 1.69. The molecule has 1 atom stereocenters. The van der Waals surface area contributed by atoms with Gasteiger partial charge in [0.1, 0.15) is 23.2 Å². The molecule has 0 spiro atoms. The number of imidazole rings is 1. The fourth-order valence-corrected chi connectivity index (χ4v) is 2.28. The molecular weight excluding hydrogens is 296 g/mol. The highest BCUT2D eigenvalue weighted by atomic mass is 16.4. The molecule has 3 rings (SSSR count). The minimum Gasteiger partial charge on any atom is -0.465 e. The van der Waals surface area contributed by atoms with Gasteiger partial charge >= 0.3 is 6.09 Å². The molecule has 0 aliphatic rings. The molecule has 3 aromatic rings. The molecule has 1 unspecified atom stereocenters. The number of nitrogens with zero attached hydrogens (tertiary/aromatic N) is 5. The van der Waals surface area contributed by atoms with E-state index in [-0.39, 0.29) is 0 Å². The number of aromatic nitrogens is 4. The number of fused-ring (bicyclic) bond motifs is 1. The predicted octanol–water partition coefficient (Wildman–Crippen LogP) is 2.02. The van der Waals surface area contributed by atoms with Gasteiger partial charge in [-0.2, -0.15) is 5.26 Å². The van der Waals surface area contributed by atoms with Gasteiger partial charge in [-0.3, -0.25) is 4.57 Å². The van der Waals surface area contributed by atoms with E-state index in [1.54, 1.807) is 42.0 Å². The number of amides is 1. The molecular formula is C15H12N6O2. The SMILES string of the molecule is CC(NC(=O)O)c1nc2cccnc2n1-c1ccc(C#N)cn1. The molecule has 23 heavy (non-hydrogen) atoms. The molecule has 3 heterocycles. The highest BCUT2D eigenvalue weighted by Gasteiger charge is 2.20. The monoisotopic (exact) mass is 308 g/mol. The fraction of sp³-hybridized carbons (Fsp3) is 0.133. The summed E-state index contributed by atoms with van der Waals surface area (Å²) in [6, 6.07) is 8.30. The van der Waals surface area contributed by atoms with Crippen molar-refractivity contribution in [1.29, 1.82) is 5.26 Å². The van der Waals surface area contributed by atoms with E-state index in [1.807, 2.05) is 6.07 Å². The van der Waals surface area contributed by atoms with E-state index in [4.69, 9.17) is 10.4 Å². The van der Waals surface area contributed by atoms with Crippen LogP contribution in [-0.4, -0.2) is 30.7 Å². The number of nitrogens with one attached hydrogen (secondary N) is 1. The second kappa shape index (κ2) is 5.73. The van der Waals surface area contributed by atoms with Crippen LogP contribution in [0.1, 0.15) is 24.4 Å². The maximum Gasteiger partial charge on any atom is 0.405 e. The van der Waals surface area contributed by atoms with Crippen LogP contribution in [0.3, 0.4) is 0 Å². The smallest absolute Gasteiger partial charge is 0.405 e. The average Bonchev–Trinajstić information content (AvgIpc) is 2.94. The van der Waals surface area contributed by atoms with E-state index in [1.165, 1.54) is 6.20 Å². The second-order valence-corrected chi connectivity index (χ2v) is 4.84. The van der Waals surface area contributed by atoms with Crippen LogP contribution in [0.4, 0.5) is 4.79 Å². The third-order valence-electron chi connectivity index (χ3n) is 3.28. The summed E-state index contributed by atoms with van der Waals surface area (Å²) in [5, 5.41) is 20.2. The minimum absolute atomic E-state index is 0.435. The first-order valence-electron chi connectivity index (χ1n) is 6.79. The molecule has 0 aliphatic heterocycles. The van der Waals surface area contributed by atoms with Crippen LogP contribution in [0.5, 0.6) is 0 Å². The lowest BCUT2D eigenvalue weighted by molar-refractivity contribution is 0.190. The molecule has 0 bridgehead atoms. The standard InChI is InChI=1S/C15H12N6O2/c1-9(19-15(22)23)13-20-11-3-2-6-17-14(11)21(13)12-5-4-10(7-16)8-18-12/h2-6,8-9,19H,1H3,(H,22,23). The summed E-state index contributed by atoms with van der Waals surface area (Å²) in [6.07, 6.45) is 1.93. The Balaban J connectivity index is 2.19. The molecule has 8 nitrogen and oxygen atoms in total. The van der Waals surface area contributed by atoms with Gasteiger partial charge in [-0.05, 0) is 31.2 Å². The number of carboxylic acid groups (broad SMARTS) is 1. The first kappa shape index (κ1) is 14.5. The minimum atomic E-state index is -1.14. The van der Waals surface area contributed by atoms with Crippen LogP contribution in [0.25, 0.3) is 17.0 Å². The predicted molar refractivity (Wildman–Crippen MR) is 81.0 cm³/mol. The van der Waals surface area contributed by atoms with Gasteiger partial charge in [-0.1, -0.05) is 0 Å². The van der Waals surface area contributed by atoms with E-state index in [0.717, 1.165) is 0 Å². The van der Waals surface area contributed by atoms with Gasteiger partial charge in [-0.15, -0.1) is 0 Å². The zero-order valence-corrected chi connectivity index (χ0v) is 12.1. The van der Waals surface area contributed by atoms with Crippen molar-refractivity contribution in [1.82, 2.24) is 24.8 Å². The number of hydrogen-bond acceptors (Lipinski definition) is 5. The van der Waals surface area contributed by atoms with Crippen molar-refractivity contribution in [3.05, 3.63) is 48.0 Å². The Morgan fingerprint density at radius 2 is 2.22 bits per heavy atom. The zero-order chi connectivity index (χ0) is 16.4. The van der Waals surface area contributed by atoms with Crippen molar-refractivity contribution in [2.75, 3.05) is 0 Å². The Hall–Kier alpha value is -3.47. The van der Waals surface area contributed by atoms with Gasteiger partial charge in [0, 0.05) is 12.4 Å². The second-order valence-electron chi connectivity index (χ2n) is 4.84. The Labute approximate surface area is 131 Å². The largest absolute Gasteiger partial charge is 0.465 e. The molecule has 0 saturated heterocycles. The third kappa shape index (κ3) is 2.67. The summed E-state index contributed by atoms with van der Waals surface area (Å²) in [5.41, 5.74) is 1.64. The van der Waals surface area contributed by atoms with Crippen LogP contribution >= 0.6 is 0 Å². The molecule has 0 saturated carbocycles. The highest BCUT2D eigenvalue weighted by Crippen LogP contribution is 2.22. The molecule has 0 aliphatic carbocycles. The van der Waals surface area contributed by atoms with Gasteiger partial charge in [0.05, 0.1) is 11.6 Å². The van der Waals surface area contributed by atoms with Gasteiger partial charge < -0.3 is 10.4 Å². The number of pyridine rings is 2. The molecule has 0 radical (unpaired) electrons. The quantitative estimate of drug-likeness (QED) is 0.764. The maximum atomic E-state index is 10.9. The first-order chi connectivity index (χ1) is 11.1. The number of rotatable bonds is 3. The normalized spacial score (nSPS) is 11.8. The van der Waals surface area contributed by atoms with E-state index in [9.17, 15) is 4.79 Å². The molecule has 3 aromatic heterocycles. The van der Waals surface area contributed by atoms with Gasteiger partial charge in [0.2, 0.25) is 0 Å². The summed E-state index contributed by atoms with van der Waals surface area (Å²) < 4.78 is 1.68. The molecule has 8 heteroatoms. The van der Waals surface area contributed by atoms with Crippen LogP contribution < -0.4 is 5.32 Å². The van der Waals surface area contributed by atoms with Crippen molar-refractivity contribution in [2.24, 2.45) is 0 Å². The molecule has 0 fully saturated rings. The number of hydrogen-bond donors (Lipinski definition) is 2. The van der Waals surface area contributed by atoms with Gasteiger partial charge in [0.15, 0.2) is 5.65 Å². The van der Waals surface area contributed by atoms with Gasteiger partial charge in [0.25, 0.3) is 0 Å². The highest BCUT2D eigenvalue weighted by molar-refractivity contribution is 5.74. The number of nitriles is 1. The van der Waals surface area contributed by atoms with Crippen LogP contribution in [0.15, 0.2) is 36.7 Å². The Morgan fingerprint density at radius 3 is 2.87 bits per heavy atom. The average molecular weight is 308 g/mol. The zero-order valence-electron chi connectivity index (χ0n) is 12.1. The van der Waals surface area contributed by atoms with Crippen molar-refractivity contribution in [3.8, 4) is 11.9 Å². The Morgan fingerprint density at radius 1 is 1.39 bits per heavy atom. The summed E-state index contributed by atoms with van der Waals surface area (Å²) in [5.74, 6) is 0.984. The van der Waals surface area contributed by atoms with E-state index in [2.05, 4.69) is 20.3 Å². The van der Waals surface area contributed by atoms with Gasteiger partial charge in [-0.25, -0.2) is 19.7 Å².